The third-order valence-electron chi connectivity index (χ3n) is 4.41. The lowest BCUT2D eigenvalue weighted by molar-refractivity contribution is -0.137. The van der Waals surface area contributed by atoms with E-state index in [0.29, 0.717) is 15.4 Å². The van der Waals surface area contributed by atoms with Crippen LogP contribution in [0.2, 0.25) is 0 Å². The summed E-state index contributed by atoms with van der Waals surface area (Å²) >= 11 is 1.18. The van der Waals surface area contributed by atoms with Crippen LogP contribution >= 0.6 is 11.3 Å². The first-order valence-electron chi connectivity index (χ1n) is 8.62. The van der Waals surface area contributed by atoms with Crippen molar-refractivity contribution in [3.8, 4) is 5.82 Å². The number of amides is 1. The number of nitrogens with zero attached hydrogens (tertiary/aromatic N) is 4. The molecular formula is C18H16F3N5O2S. The predicted molar refractivity (Wildman–Crippen MR) is 102 cm³/mol. The molecule has 0 aliphatic carbocycles. The van der Waals surface area contributed by atoms with Gasteiger partial charge in [-0.3, -0.25) is 14.0 Å². The van der Waals surface area contributed by atoms with Gasteiger partial charge in [0.05, 0.1) is 17.0 Å². The van der Waals surface area contributed by atoms with E-state index in [-0.39, 0.29) is 18.3 Å². The lowest BCUT2D eigenvalue weighted by Crippen LogP contribution is -2.34. The molecular weight excluding hydrogens is 407 g/mol. The first kappa shape index (κ1) is 19.4. The van der Waals surface area contributed by atoms with Crippen LogP contribution in [0, 0.1) is 0 Å². The molecule has 11 heteroatoms. The number of hydrogen-bond donors (Lipinski definition) is 2. The van der Waals surface area contributed by atoms with Gasteiger partial charge in [-0.1, -0.05) is 0 Å². The fourth-order valence-electron chi connectivity index (χ4n) is 3.02. The number of aryl methyl sites for hydroxylation is 1. The Morgan fingerprint density at radius 2 is 2.10 bits per heavy atom. The molecule has 1 amide bonds. The van der Waals surface area contributed by atoms with Crippen LogP contribution in [0.15, 0.2) is 30.6 Å². The van der Waals surface area contributed by atoms with Crippen molar-refractivity contribution in [2.24, 2.45) is 7.05 Å². The molecule has 4 heterocycles. The van der Waals surface area contributed by atoms with Crippen LogP contribution in [0.3, 0.4) is 0 Å². The monoisotopic (exact) mass is 423 g/mol. The SMILES string of the molecule is C[C@H](CO)NC(=O)c1cc2c3cn(C)nc3n(-c3ccc(C(F)(F)F)cn3)c2s1. The summed E-state index contributed by atoms with van der Waals surface area (Å²) in [5, 5.41) is 17.7. The average Bonchev–Trinajstić information content (AvgIpc) is 3.31. The molecule has 0 saturated carbocycles. The van der Waals surface area contributed by atoms with E-state index in [2.05, 4.69) is 15.4 Å². The number of hydrogen-bond acceptors (Lipinski definition) is 5. The summed E-state index contributed by atoms with van der Waals surface area (Å²) in [4.78, 5) is 17.5. The lowest BCUT2D eigenvalue weighted by atomic mass is 10.3. The quantitative estimate of drug-likeness (QED) is 0.528. The van der Waals surface area contributed by atoms with Crippen LogP contribution in [0.4, 0.5) is 13.2 Å². The molecule has 0 spiro atoms. The molecule has 1 atom stereocenters. The molecule has 0 aliphatic heterocycles. The Kier molecular flexibility index (Phi) is 4.58. The highest BCUT2D eigenvalue weighted by molar-refractivity contribution is 7.20. The number of rotatable bonds is 4. The number of pyridine rings is 1. The second kappa shape index (κ2) is 6.85. The van der Waals surface area contributed by atoms with E-state index in [1.165, 1.54) is 17.4 Å². The zero-order valence-electron chi connectivity index (χ0n) is 15.4. The highest BCUT2D eigenvalue weighted by Crippen LogP contribution is 2.37. The van der Waals surface area contributed by atoms with Crippen LogP contribution in [0.5, 0.6) is 0 Å². The molecule has 0 bridgehead atoms. The molecule has 0 saturated heterocycles. The first-order valence-corrected chi connectivity index (χ1v) is 9.43. The van der Waals surface area contributed by atoms with Gasteiger partial charge in [0.15, 0.2) is 5.65 Å². The van der Waals surface area contributed by atoms with Gasteiger partial charge in [-0.2, -0.15) is 18.3 Å². The van der Waals surface area contributed by atoms with Crippen molar-refractivity contribution in [2.75, 3.05) is 6.61 Å². The van der Waals surface area contributed by atoms with Crippen molar-refractivity contribution >= 4 is 38.5 Å². The smallest absolute Gasteiger partial charge is 0.394 e. The van der Waals surface area contributed by atoms with Crippen molar-refractivity contribution in [3.63, 3.8) is 0 Å². The van der Waals surface area contributed by atoms with E-state index in [9.17, 15) is 18.0 Å². The summed E-state index contributed by atoms with van der Waals surface area (Å²) < 4.78 is 41.9. The van der Waals surface area contributed by atoms with Crippen molar-refractivity contribution in [3.05, 3.63) is 41.0 Å². The topological polar surface area (TPSA) is 85.0 Å². The summed E-state index contributed by atoms with van der Waals surface area (Å²) in [6.45, 7) is 1.49. The number of carbonyl (C=O) groups is 1. The zero-order chi connectivity index (χ0) is 20.9. The molecule has 0 fully saturated rings. The van der Waals surface area contributed by atoms with Gasteiger partial charge in [0.25, 0.3) is 5.91 Å². The predicted octanol–water partition coefficient (Wildman–Crippen LogP) is 3.10. The van der Waals surface area contributed by atoms with Gasteiger partial charge in [0.1, 0.15) is 10.6 Å². The summed E-state index contributed by atoms with van der Waals surface area (Å²) in [6, 6.07) is 3.56. The van der Waals surface area contributed by atoms with E-state index in [0.717, 1.165) is 23.0 Å². The van der Waals surface area contributed by atoms with Gasteiger partial charge < -0.3 is 10.4 Å². The molecule has 0 aliphatic rings. The Balaban J connectivity index is 1.86. The fraction of sp³-hybridized carbons (Fsp3) is 0.278. The second-order valence-corrected chi connectivity index (χ2v) is 7.70. The van der Waals surface area contributed by atoms with E-state index in [1.807, 2.05) is 0 Å². The number of alkyl halides is 3. The van der Waals surface area contributed by atoms with Crippen LogP contribution in [-0.4, -0.2) is 43.0 Å². The zero-order valence-corrected chi connectivity index (χ0v) is 16.2. The van der Waals surface area contributed by atoms with E-state index in [1.54, 1.807) is 35.5 Å². The van der Waals surface area contributed by atoms with Crippen LogP contribution < -0.4 is 5.32 Å². The van der Waals surface area contributed by atoms with E-state index < -0.39 is 17.8 Å². The molecule has 29 heavy (non-hydrogen) atoms. The second-order valence-electron chi connectivity index (χ2n) is 6.66. The molecule has 4 aromatic heterocycles. The number of thiophene rings is 1. The Bertz CT molecular complexity index is 1210. The van der Waals surface area contributed by atoms with Gasteiger partial charge >= 0.3 is 6.18 Å². The molecule has 0 aromatic carbocycles. The standard InChI is InChI=1S/C18H16F3N5O2S/c1-9(8-27)23-16(28)13-5-11-12-7-25(2)24-15(12)26(17(11)29-13)14-4-3-10(6-22-14)18(19,20)21/h3-7,9,27H,8H2,1-2H3,(H,23,28)/t9-/m1/s1. The van der Waals surface area contributed by atoms with Gasteiger partial charge in [0.2, 0.25) is 0 Å². The third-order valence-corrected chi connectivity index (χ3v) is 5.53. The largest absolute Gasteiger partial charge is 0.417 e. The Morgan fingerprint density at radius 3 is 2.72 bits per heavy atom. The van der Waals surface area contributed by atoms with E-state index >= 15 is 0 Å². The minimum atomic E-state index is -4.48. The van der Waals surface area contributed by atoms with Gasteiger partial charge in [-0.15, -0.1) is 11.3 Å². The third kappa shape index (κ3) is 3.36. The summed E-state index contributed by atoms with van der Waals surface area (Å²) in [5.74, 6) is -0.0639. The van der Waals surface area contributed by atoms with Crippen molar-refractivity contribution in [1.82, 2.24) is 24.6 Å². The number of halogens is 3. The van der Waals surface area contributed by atoms with E-state index in [4.69, 9.17) is 5.11 Å². The van der Waals surface area contributed by atoms with Crippen LogP contribution in [-0.2, 0) is 13.2 Å². The minimum absolute atomic E-state index is 0.189. The lowest BCUT2D eigenvalue weighted by Gasteiger charge is -2.09. The number of carbonyl (C=O) groups excluding carboxylic acids is 1. The van der Waals surface area contributed by atoms with Crippen LogP contribution in [0.25, 0.3) is 27.1 Å². The van der Waals surface area contributed by atoms with Gasteiger partial charge in [-0.25, -0.2) is 4.98 Å². The maximum atomic E-state index is 12.9. The molecule has 0 unspecified atom stereocenters. The number of aromatic nitrogens is 4. The summed E-state index contributed by atoms with van der Waals surface area (Å²) in [6.07, 6.45) is -1.92. The molecule has 0 radical (unpaired) electrons. The normalized spacial score (nSPS) is 13.3. The average molecular weight is 423 g/mol. The molecule has 4 rings (SSSR count). The molecule has 4 aromatic rings. The number of aliphatic hydroxyl groups is 1. The molecule has 2 N–H and O–H groups in total. The van der Waals surface area contributed by atoms with Crippen molar-refractivity contribution in [2.45, 2.75) is 19.1 Å². The summed E-state index contributed by atoms with van der Waals surface area (Å²) in [7, 11) is 1.74. The maximum absolute atomic E-state index is 12.9. The van der Waals surface area contributed by atoms with Crippen LogP contribution in [0.1, 0.15) is 22.2 Å². The fourth-order valence-corrected chi connectivity index (χ4v) is 4.11. The summed E-state index contributed by atoms with van der Waals surface area (Å²) in [5.41, 5.74) is -0.303. The Morgan fingerprint density at radius 1 is 1.34 bits per heavy atom. The highest BCUT2D eigenvalue weighted by atomic mass is 32.1. The number of aliphatic hydroxyl groups excluding tert-OH is 1. The van der Waals surface area contributed by atoms with Crippen molar-refractivity contribution in [1.29, 1.82) is 0 Å². The first-order chi connectivity index (χ1) is 13.7. The molecule has 7 nitrogen and oxygen atoms in total. The minimum Gasteiger partial charge on any atom is -0.394 e. The number of fused-ring (bicyclic) bond motifs is 3. The Labute approximate surface area is 166 Å². The maximum Gasteiger partial charge on any atom is 0.417 e. The van der Waals surface area contributed by atoms with Crippen molar-refractivity contribution < 1.29 is 23.1 Å². The van der Waals surface area contributed by atoms with Gasteiger partial charge in [-0.05, 0) is 25.1 Å². The Hall–Kier alpha value is -2.92. The van der Waals surface area contributed by atoms with Gasteiger partial charge in [0, 0.05) is 36.3 Å². The highest BCUT2D eigenvalue weighted by Gasteiger charge is 2.31. The number of nitrogens with one attached hydrogen (secondary N) is 1. The molecule has 152 valence electrons.